The lowest BCUT2D eigenvalue weighted by atomic mass is 9.86. The molecule has 0 unspecified atom stereocenters. The predicted molar refractivity (Wildman–Crippen MR) is 102 cm³/mol. The van der Waals surface area contributed by atoms with Gasteiger partial charge in [-0.2, -0.15) is 0 Å². The van der Waals surface area contributed by atoms with Crippen molar-refractivity contribution >= 4 is 33.5 Å². The van der Waals surface area contributed by atoms with Crippen molar-refractivity contribution in [3.63, 3.8) is 0 Å². The van der Waals surface area contributed by atoms with Gasteiger partial charge in [0.05, 0.1) is 15.5 Å². The molecule has 7 nitrogen and oxygen atoms in total. The lowest BCUT2D eigenvalue weighted by Crippen LogP contribution is -2.46. The summed E-state index contributed by atoms with van der Waals surface area (Å²) in [5.41, 5.74) is -0.112. The van der Waals surface area contributed by atoms with Crippen LogP contribution < -0.4 is 10.0 Å². The van der Waals surface area contributed by atoms with Gasteiger partial charge in [-0.05, 0) is 50.9 Å². The van der Waals surface area contributed by atoms with Gasteiger partial charge in [0.1, 0.15) is 0 Å². The standard InChI is InChI=1S/C18H25ClN2O5S/c1-11-6-4-5-7-16(11)21-17(22)12(2)26-18(23)14-10-13(8-9-15(14)19)27(24,25)20-3/h8-12,16,20H,4-7H2,1-3H3,(H,21,22)/t11-,12+,16+/m0/s1. The fraction of sp³-hybridized carbons (Fsp3) is 0.556. The molecule has 1 aromatic carbocycles. The first kappa shape index (κ1) is 21.7. The summed E-state index contributed by atoms with van der Waals surface area (Å²) in [6, 6.07) is 3.78. The highest BCUT2D eigenvalue weighted by molar-refractivity contribution is 7.89. The third-order valence-electron chi connectivity index (χ3n) is 4.83. The second kappa shape index (κ2) is 9.03. The molecule has 1 aliphatic rings. The van der Waals surface area contributed by atoms with Crippen LogP contribution in [0, 0.1) is 5.92 Å². The molecule has 1 aliphatic carbocycles. The average Bonchev–Trinajstić information content (AvgIpc) is 2.63. The molecular formula is C18H25ClN2O5S. The lowest BCUT2D eigenvalue weighted by Gasteiger charge is -2.30. The highest BCUT2D eigenvalue weighted by Crippen LogP contribution is 2.24. The van der Waals surface area contributed by atoms with Crippen molar-refractivity contribution in [3.8, 4) is 0 Å². The van der Waals surface area contributed by atoms with Gasteiger partial charge in [-0.3, -0.25) is 4.79 Å². The number of nitrogens with one attached hydrogen (secondary N) is 2. The van der Waals surface area contributed by atoms with E-state index in [1.807, 2.05) is 0 Å². The zero-order chi connectivity index (χ0) is 20.2. The van der Waals surface area contributed by atoms with Crippen LogP contribution in [0.5, 0.6) is 0 Å². The molecule has 1 fully saturated rings. The van der Waals surface area contributed by atoms with Crippen LogP contribution in [0.3, 0.4) is 0 Å². The van der Waals surface area contributed by atoms with E-state index in [0.29, 0.717) is 5.92 Å². The van der Waals surface area contributed by atoms with Crippen molar-refractivity contribution in [1.29, 1.82) is 0 Å². The Morgan fingerprint density at radius 1 is 1.26 bits per heavy atom. The van der Waals surface area contributed by atoms with Gasteiger partial charge in [-0.25, -0.2) is 17.9 Å². The summed E-state index contributed by atoms with van der Waals surface area (Å²) >= 11 is 6.01. The van der Waals surface area contributed by atoms with Gasteiger partial charge in [-0.15, -0.1) is 0 Å². The molecule has 2 N–H and O–H groups in total. The highest BCUT2D eigenvalue weighted by Gasteiger charge is 2.27. The minimum atomic E-state index is -3.74. The molecule has 1 saturated carbocycles. The molecule has 0 radical (unpaired) electrons. The van der Waals surface area contributed by atoms with E-state index in [0.717, 1.165) is 31.7 Å². The number of carbonyl (C=O) groups is 2. The van der Waals surface area contributed by atoms with Crippen molar-refractivity contribution in [2.24, 2.45) is 5.92 Å². The number of hydrogen-bond acceptors (Lipinski definition) is 5. The van der Waals surface area contributed by atoms with E-state index in [9.17, 15) is 18.0 Å². The summed E-state index contributed by atoms with van der Waals surface area (Å²) in [5.74, 6) is -0.854. The Morgan fingerprint density at radius 2 is 1.93 bits per heavy atom. The molecule has 1 aromatic rings. The summed E-state index contributed by atoms with van der Waals surface area (Å²) < 4.78 is 31.2. The van der Waals surface area contributed by atoms with Crippen molar-refractivity contribution in [2.75, 3.05) is 7.05 Å². The Balaban J connectivity index is 2.07. The summed E-state index contributed by atoms with van der Waals surface area (Å²) in [7, 11) is -2.47. The van der Waals surface area contributed by atoms with Gasteiger partial charge in [0.15, 0.2) is 6.10 Å². The van der Waals surface area contributed by atoms with Crippen LogP contribution in [0.2, 0.25) is 5.02 Å². The van der Waals surface area contributed by atoms with Crippen LogP contribution in [-0.2, 0) is 19.6 Å². The fourth-order valence-electron chi connectivity index (χ4n) is 3.05. The van der Waals surface area contributed by atoms with Crippen molar-refractivity contribution in [1.82, 2.24) is 10.0 Å². The molecule has 9 heteroatoms. The predicted octanol–water partition coefficient (Wildman–Crippen LogP) is 2.49. The second-order valence-electron chi connectivity index (χ2n) is 6.77. The van der Waals surface area contributed by atoms with Gasteiger partial charge in [-0.1, -0.05) is 31.4 Å². The SMILES string of the molecule is CNS(=O)(=O)c1ccc(Cl)c(C(=O)O[C@H](C)C(=O)N[C@@H]2CCCC[C@@H]2C)c1. The van der Waals surface area contributed by atoms with E-state index >= 15 is 0 Å². The molecule has 3 atom stereocenters. The van der Waals surface area contributed by atoms with E-state index < -0.39 is 22.1 Å². The summed E-state index contributed by atoms with van der Waals surface area (Å²) in [6.07, 6.45) is 3.16. The zero-order valence-electron chi connectivity index (χ0n) is 15.6. The van der Waals surface area contributed by atoms with Crippen LogP contribution in [0.15, 0.2) is 23.1 Å². The van der Waals surface area contributed by atoms with E-state index in [4.69, 9.17) is 16.3 Å². The quantitative estimate of drug-likeness (QED) is 0.693. The van der Waals surface area contributed by atoms with E-state index in [1.165, 1.54) is 26.1 Å². The molecule has 2 rings (SSSR count). The zero-order valence-corrected chi connectivity index (χ0v) is 17.2. The smallest absolute Gasteiger partial charge is 0.340 e. The number of benzene rings is 1. The fourth-order valence-corrected chi connectivity index (χ4v) is 4.00. The summed E-state index contributed by atoms with van der Waals surface area (Å²) in [5, 5.41) is 2.97. The van der Waals surface area contributed by atoms with Crippen LogP contribution in [0.25, 0.3) is 0 Å². The Bertz CT molecular complexity index is 812. The van der Waals surface area contributed by atoms with E-state index in [2.05, 4.69) is 17.0 Å². The van der Waals surface area contributed by atoms with Gasteiger partial charge in [0, 0.05) is 6.04 Å². The number of ether oxygens (including phenoxy) is 1. The van der Waals surface area contributed by atoms with E-state index in [-0.39, 0.29) is 27.4 Å². The number of amides is 1. The van der Waals surface area contributed by atoms with Gasteiger partial charge in [0.2, 0.25) is 10.0 Å². The largest absolute Gasteiger partial charge is 0.449 e. The molecule has 1 amide bonds. The van der Waals surface area contributed by atoms with Crippen molar-refractivity contribution in [2.45, 2.75) is 56.6 Å². The number of esters is 1. The molecule has 0 spiro atoms. The van der Waals surface area contributed by atoms with Crippen LogP contribution in [0.1, 0.15) is 49.9 Å². The third kappa shape index (κ3) is 5.43. The topological polar surface area (TPSA) is 102 Å². The normalized spacial score (nSPS) is 21.3. The average molecular weight is 417 g/mol. The molecule has 0 bridgehead atoms. The Morgan fingerprint density at radius 3 is 2.56 bits per heavy atom. The lowest BCUT2D eigenvalue weighted by molar-refractivity contribution is -0.130. The van der Waals surface area contributed by atoms with Crippen LogP contribution >= 0.6 is 11.6 Å². The Labute approximate surface area is 164 Å². The number of hydrogen-bond donors (Lipinski definition) is 2. The van der Waals surface area contributed by atoms with Crippen molar-refractivity contribution in [3.05, 3.63) is 28.8 Å². The highest BCUT2D eigenvalue weighted by atomic mass is 35.5. The first-order valence-electron chi connectivity index (χ1n) is 8.90. The number of sulfonamides is 1. The Kier molecular flexibility index (Phi) is 7.25. The number of carbonyl (C=O) groups excluding carboxylic acids is 2. The maximum Gasteiger partial charge on any atom is 0.340 e. The molecule has 150 valence electrons. The second-order valence-corrected chi connectivity index (χ2v) is 9.07. The molecular weight excluding hydrogens is 392 g/mol. The van der Waals surface area contributed by atoms with Crippen LogP contribution in [-0.4, -0.2) is 39.5 Å². The number of halogens is 1. The molecule has 27 heavy (non-hydrogen) atoms. The van der Waals surface area contributed by atoms with Gasteiger partial charge < -0.3 is 10.1 Å². The first-order chi connectivity index (χ1) is 12.7. The minimum absolute atomic E-state index is 0.0450. The van der Waals surface area contributed by atoms with Gasteiger partial charge in [0.25, 0.3) is 5.91 Å². The molecule has 0 aliphatic heterocycles. The molecule has 0 saturated heterocycles. The third-order valence-corrected chi connectivity index (χ3v) is 6.57. The summed E-state index contributed by atoms with van der Waals surface area (Å²) in [4.78, 5) is 24.6. The summed E-state index contributed by atoms with van der Waals surface area (Å²) in [6.45, 7) is 3.57. The van der Waals surface area contributed by atoms with Gasteiger partial charge >= 0.3 is 5.97 Å². The van der Waals surface area contributed by atoms with E-state index in [1.54, 1.807) is 0 Å². The Hall–Kier alpha value is -1.64. The monoisotopic (exact) mass is 416 g/mol. The minimum Gasteiger partial charge on any atom is -0.449 e. The maximum absolute atomic E-state index is 12.4. The molecule has 0 aromatic heterocycles. The maximum atomic E-state index is 12.4. The molecule has 0 heterocycles. The first-order valence-corrected chi connectivity index (χ1v) is 10.8. The number of rotatable bonds is 6. The van der Waals surface area contributed by atoms with Crippen LogP contribution in [0.4, 0.5) is 0 Å². The van der Waals surface area contributed by atoms with Crippen molar-refractivity contribution < 1.29 is 22.7 Å².